The molecule has 0 aliphatic rings. The third-order valence-corrected chi connectivity index (χ3v) is 4.37. The molecule has 1 aromatic rings. The van der Waals surface area contributed by atoms with E-state index in [1.807, 2.05) is 0 Å². The highest BCUT2D eigenvalue weighted by molar-refractivity contribution is 7.91. The van der Waals surface area contributed by atoms with Gasteiger partial charge in [-0.05, 0) is 14.0 Å². The van der Waals surface area contributed by atoms with E-state index in [-0.39, 0.29) is 6.04 Å². The standard InChI is InChI=1S/C9H18N4O2S/c1-7(16(4,14)15)9(10-2)5-8-6-13(3)12-11-8/h6-7,9-10H,5H2,1-4H3. The molecule has 0 saturated heterocycles. The van der Waals surface area contributed by atoms with E-state index in [0.717, 1.165) is 5.69 Å². The van der Waals surface area contributed by atoms with Crippen molar-refractivity contribution in [3.63, 3.8) is 0 Å². The Bertz CT molecular complexity index is 440. The Kier molecular flexibility index (Phi) is 4.03. The van der Waals surface area contributed by atoms with Crippen LogP contribution in [-0.2, 0) is 23.3 Å². The van der Waals surface area contributed by atoms with E-state index in [2.05, 4.69) is 15.6 Å². The van der Waals surface area contributed by atoms with Gasteiger partial charge in [0.25, 0.3) is 0 Å². The van der Waals surface area contributed by atoms with Crippen molar-refractivity contribution in [1.29, 1.82) is 0 Å². The van der Waals surface area contributed by atoms with Crippen LogP contribution in [-0.4, -0.2) is 48.0 Å². The number of likely N-dealkylation sites (N-methyl/N-ethyl adjacent to an activating group) is 1. The fourth-order valence-electron chi connectivity index (χ4n) is 1.52. The predicted molar refractivity (Wildman–Crippen MR) is 61.9 cm³/mol. The molecule has 7 heteroatoms. The Labute approximate surface area is 96.0 Å². The lowest BCUT2D eigenvalue weighted by atomic mass is 10.1. The number of nitrogens with one attached hydrogen (secondary N) is 1. The topological polar surface area (TPSA) is 76.9 Å². The highest BCUT2D eigenvalue weighted by Crippen LogP contribution is 2.09. The van der Waals surface area contributed by atoms with E-state index in [1.54, 1.807) is 31.9 Å². The van der Waals surface area contributed by atoms with Crippen molar-refractivity contribution in [2.24, 2.45) is 7.05 Å². The quantitative estimate of drug-likeness (QED) is 0.749. The van der Waals surface area contributed by atoms with E-state index in [1.165, 1.54) is 6.26 Å². The van der Waals surface area contributed by atoms with Crippen LogP contribution in [0.3, 0.4) is 0 Å². The van der Waals surface area contributed by atoms with Crippen LogP contribution in [0.2, 0.25) is 0 Å². The first-order chi connectivity index (χ1) is 7.34. The molecule has 0 radical (unpaired) electrons. The minimum absolute atomic E-state index is 0.147. The molecule has 1 heterocycles. The molecule has 0 aliphatic heterocycles. The van der Waals surface area contributed by atoms with E-state index >= 15 is 0 Å². The molecular formula is C9H18N4O2S. The predicted octanol–water partition coefficient (Wildman–Crippen LogP) is -0.621. The fraction of sp³-hybridized carbons (Fsp3) is 0.778. The molecule has 0 spiro atoms. The second-order valence-electron chi connectivity index (χ2n) is 4.02. The second kappa shape index (κ2) is 4.92. The van der Waals surface area contributed by atoms with Crippen molar-refractivity contribution < 1.29 is 8.42 Å². The molecule has 0 bridgehead atoms. The first-order valence-corrected chi connectivity index (χ1v) is 7.01. The maximum atomic E-state index is 11.4. The summed E-state index contributed by atoms with van der Waals surface area (Å²) in [5.41, 5.74) is 0.789. The van der Waals surface area contributed by atoms with Crippen LogP contribution in [0.1, 0.15) is 12.6 Å². The van der Waals surface area contributed by atoms with E-state index < -0.39 is 15.1 Å². The zero-order valence-corrected chi connectivity index (χ0v) is 10.8. The summed E-state index contributed by atoms with van der Waals surface area (Å²) in [6.07, 6.45) is 3.59. The van der Waals surface area contributed by atoms with Gasteiger partial charge in [0.05, 0.1) is 10.9 Å². The molecule has 0 fully saturated rings. The summed E-state index contributed by atoms with van der Waals surface area (Å²) >= 11 is 0. The summed E-state index contributed by atoms with van der Waals surface area (Å²) in [6, 6.07) is -0.147. The summed E-state index contributed by atoms with van der Waals surface area (Å²) in [5.74, 6) is 0. The number of sulfone groups is 1. The molecule has 2 unspecified atom stereocenters. The van der Waals surface area contributed by atoms with Gasteiger partial charge in [0, 0.05) is 32.0 Å². The smallest absolute Gasteiger partial charge is 0.151 e. The maximum Gasteiger partial charge on any atom is 0.151 e. The molecular weight excluding hydrogens is 228 g/mol. The van der Waals surface area contributed by atoms with Gasteiger partial charge in [-0.3, -0.25) is 4.68 Å². The van der Waals surface area contributed by atoms with Crippen LogP contribution in [0.5, 0.6) is 0 Å². The van der Waals surface area contributed by atoms with Crippen molar-refractivity contribution >= 4 is 9.84 Å². The fourth-order valence-corrected chi connectivity index (χ4v) is 2.34. The van der Waals surface area contributed by atoms with Crippen molar-refractivity contribution in [1.82, 2.24) is 20.3 Å². The minimum Gasteiger partial charge on any atom is -0.315 e. The lowest BCUT2D eigenvalue weighted by Gasteiger charge is -2.20. The summed E-state index contributed by atoms with van der Waals surface area (Å²) in [6.45, 7) is 1.70. The number of nitrogens with zero attached hydrogens (tertiary/aromatic N) is 3. The van der Waals surface area contributed by atoms with Crippen LogP contribution in [0.25, 0.3) is 0 Å². The second-order valence-corrected chi connectivity index (χ2v) is 6.42. The van der Waals surface area contributed by atoms with Gasteiger partial charge in [0.2, 0.25) is 0 Å². The molecule has 0 saturated carbocycles. The molecule has 1 rings (SSSR count). The van der Waals surface area contributed by atoms with Crippen molar-refractivity contribution in [2.45, 2.75) is 24.6 Å². The molecule has 92 valence electrons. The third-order valence-electron chi connectivity index (χ3n) is 2.69. The number of rotatable bonds is 5. The van der Waals surface area contributed by atoms with Gasteiger partial charge in [-0.25, -0.2) is 8.42 Å². The number of hydrogen-bond donors (Lipinski definition) is 1. The van der Waals surface area contributed by atoms with Gasteiger partial charge in [0.1, 0.15) is 0 Å². The van der Waals surface area contributed by atoms with E-state index in [0.29, 0.717) is 6.42 Å². The van der Waals surface area contributed by atoms with Gasteiger partial charge in [-0.2, -0.15) is 0 Å². The summed E-state index contributed by atoms with van der Waals surface area (Å²) in [7, 11) is 0.490. The SMILES string of the molecule is CNC(Cc1cn(C)nn1)C(C)S(C)(=O)=O. The zero-order chi connectivity index (χ0) is 12.3. The summed E-state index contributed by atoms with van der Waals surface area (Å²) < 4.78 is 24.5. The number of aryl methyl sites for hydroxylation is 1. The molecule has 0 amide bonds. The van der Waals surface area contributed by atoms with Crippen molar-refractivity contribution in [3.05, 3.63) is 11.9 Å². The Morgan fingerprint density at radius 3 is 2.56 bits per heavy atom. The van der Waals surface area contributed by atoms with Gasteiger partial charge < -0.3 is 5.32 Å². The third kappa shape index (κ3) is 3.28. The monoisotopic (exact) mass is 246 g/mol. The van der Waals surface area contributed by atoms with Crippen LogP contribution in [0, 0.1) is 0 Å². The Hall–Kier alpha value is -0.950. The zero-order valence-electron chi connectivity index (χ0n) is 10.0. The van der Waals surface area contributed by atoms with Gasteiger partial charge >= 0.3 is 0 Å². The Morgan fingerprint density at radius 1 is 1.56 bits per heavy atom. The molecule has 6 nitrogen and oxygen atoms in total. The lowest BCUT2D eigenvalue weighted by Crippen LogP contribution is -2.42. The number of aromatic nitrogens is 3. The van der Waals surface area contributed by atoms with Gasteiger partial charge in [-0.1, -0.05) is 5.21 Å². The van der Waals surface area contributed by atoms with Gasteiger partial charge in [-0.15, -0.1) is 5.10 Å². The normalized spacial score (nSPS) is 16.0. The molecule has 0 aliphatic carbocycles. The first kappa shape index (κ1) is 13.1. The molecule has 1 N–H and O–H groups in total. The van der Waals surface area contributed by atoms with Gasteiger partial charge in [0.15, 0.2) is 9.84 Å². The van der Waals surface area contributed by atoms with Crippen LogP contribution < -0.4 is 5.32 Å². The van der Waals surface area contributed by atoms with Crippen LogP contribution in [0.15, 0.2) is 6.20 Å². The van der Waals surface area contributed by atoms with Crippen molar-refractivity contribution in [2.75, 3.05) is 13.3 Å². The average molecular weight is 246 g/mol. The minimum atomic E-state index is -3.04. The number of hydrogen-bond acceptors (Lipinski definition) is 5. The van der Waals surface area contributed by atoms with Crippen LogP contribution in [0.4, 0.5) is 0 Å². The first-order valence-electron chi connectivity index (χ1n) is 5.06. The highest BCUT2D eigenvalue weighted by atomic mass is 32.2. The molecule has 0 aromatic carbocycles. The summed E-state index contributed by atoms with van der Waals surface area (Å²) in [4.78, 5) is 0. The largest absolute Gasteiger partial charge is 0.315 e. The van der Waals surface area contributed by atoms with Crippen molar-refractivity contribution in [3.8, 4) is 0 Å². The summed E-state index contributed by atoms with van der Waals surface area (Å²) in [5, 5.41) is 10.3. The molecule has 16 heavy (non-hydrogen) atoms. The van der Waals surface area contributed by atoms with E-state index in [4.69, 9.17) is 0 Å². The lowest BCUT2D eigenvalue weighted by molar-refractivity contribution is 0.512. The molecule has 1 aromatic heterocycles. The van der Waals surface area contributed by atoms with Crippen LogP contribution >= 0.6 is 0 Å². The Balaban J connectivity index is 2.77. The maximum absolute atomic E-state index is 11.4. The molecule has 2 atom stereocenters. The Morgan fingerprint density at radius 2 is 2.19 bits per heavy atom. The van der Waals surface area contributed by atoms with E-state index in [9.17, 15) is 8.42 Å². The highest BCUT2D eigenvalue weighted by Gasteiger charge is 2.25. The average Bonchev–Trinajstić information content (AvgIpc) is 2.58.